The summed E-state index contributed by atoms with van der Waals surface area (Å²) in [5.41, 5.74) is 3.82. The summed E-state index contributed by atoms with van der Waals surface area (Å²) in [7, 11) is 0. The Morgan fingerprint density at radius 2 is 1.93 bits per heavy atom. The van der Waals surface area contributed by atoms with E-state index in [2.05, 4.69) is 25.5 Å². The molecular formula is C20H16N6OS. The third kappa shape index (κ3) is 3.14. The number of H-pyrrole nitrogens is 1. The molecule has 0 atom stereocenters. The molecule has 0 amide bonds. The van der Waals surface area contributed by atoms with Crippen molar-refractivity contribution in [3.05, 3.63) is 71.2 Å². The molecule has 0 aliphatic rings. The van der Waals surface area contributed by atoms with E-state index < -0.39 is 0 Å². The van der Waals surface area contributed by atoms with Crippen molar-refractivity contribution in [3.8, 4) is 28.5 Å². The van der Waals surface area contributed by atoms with E-state index in [0.29, 0.717) is 17.4 Å². The molecule has 5 rings (SSSR count). The smallest absolute Gasteiger partial charge is 0.235 e. The predicted molar refractivity (Wildman–Crippen MR) is 107 cm³/mol. The maximum Gasteiger partial charge on any atom is 0.235 e. The molecule has 8 heteroatoms. The van der Waals surface area contributed by atoms with Gasteiger partial charge in [-0.1, -0.05) is 53.8 Å². The summed E-state index contributed by atoms with van der Waals surface area (Å²) in [4.78, 5) is 0.716. The summed E-state index contributed by atoms with van der Waals surface area (Å²) < 4.78 is 7.57. The van der Waals surface area contributed by atoms with Crippen LogP contribution in [-0.4, -0.2) is 30.0 Å². The first-order valence-electron chi connectivity index (χ1n) is 8.78. The number of hydrogen-bond acceptors (Lipinski definition) is 6. The van der Waals surface area contributed by atoms with Gasteiger partial charge in [-0.25, -0.2) is 0 Å². The Kier molecular flexibility index (Phi) is 4.10. The molecule has 0 aliphatic carbocycles. The number of fused-ring (bicyclic) bond motifs is 1. The molecule has 0 spiro atoms. The Labute approximate surface area is 164 Å². The second kappa shape index (κ2) is 6.90. The third-order valence-corrected chi connectivity index (χ3v) is 5.15. The average molecular weight is 388 g/mol. The Bertz CT molecular complexity index is 1240. The molecule has 7 nitrogen and oxygen atoms in total. The van der Waals surface area contributed by atoms with Crippen LogP contribution in [0.3, 0.4) is 0 Å². The molecule has 28 heavy (non-hydrogen) atoms. The van der Waals surface area contributed by atoms with Crippen molar-refractivity contribution in [3.63, 3.8) is 0 Å². The molecule has 3 heterocycles. The lowest BCUT2D eigenvalue weighted by atomic mass is 10.1. The van der Waals surface area contributed by atoms with Crippen molar-refractivity contribution >= 4 is 16.3 Å². The minimum atomic E-state index is 0.384. The first kappa shape index (κ1) is 16.6. The van der Waals surface area contributed by atoms with Gasteiger partial charge in [-0.2, -0.15) is 14.7 Å². The van der Waals surface area contributed by atoms with Gasteiger partial charge in [-0.3, -0.25) is 5.10 Å². The maximum atomic E-state index is 5.85. The van der Waals surface area contributed by atoms with Crippen LogP contribution in [0.1, 0.15) is 10.6 Å². The highest BCUT2D eigenvalue weighted by Gasteiger charge is 2.16. The predicted octanol–water partition coefficient (Wildman–Crippen LogP) is 4.13. The van der Waals surface area contributed by atoms with E-state index in [9.17, 15) is 0 Å². The van der Waals surface area contributed by atoms with Crippen molar-refractivity contribution in [1.29, 1.82) is 0 Å². The minimum Gasteiger partial charge on any atom is -0.486 e. The number of aromatic amines is 1. The van der Waals surface area contributed by atoms with Gasteiger partial charge in [0.1, 0.15) is 18.1 Å². The molecule has 138 valence electrons. The molecule has 0 saturated carbocycles. The fourth-order valence-electron chi connectivity index (χ4n) is 2.93. The van der Waals surface area contributed by atoms with Crippen molar-refractivity contribution in [1.82, 2.24) is 30.0 Å². The summed E-state index contributed by atoms with van der Waals surface area (Å²) in [6.45, 7) is 2.42. The Morgan fingerprint density at radius 1 is 1.04 bits per heavy atom. The summed E-state index contributed by atoms with van der Waals surface area (Å²) >= 11 is 1.46. The SMILES string of the molecule is Cc1cccc(OCc2nn3c(-c4cc(-c5ccccc5)n[nH]4)nnc3s2)c1. The maximum absolute atomic E-state index is 5.85. The van der Waals surface area contributed by atoms with Gasteiger partial charge in [0.25, 0.3) is 0 Å². The Hall–Kier alpha value is -3.52. The van der Waals surface area contributed by atoms with Crippen LogP contribution in [0, 0.1) is 6.92 Å². The normalized spacial score (nSPS) is 11.2. The number of rotatable bonds is 5. The summed E-state index contributed by atoms with van der Waals surface area (Å²) in [6, 6.07) is 19.9. The highest BCUT2D eigenvalue weighted by Crippen LogP contribution is 2.25. The largest absolute Gasteiger partial charge is 0.486 e. The zero-order chi connectivity index (χ0) is 18.9. The van der Waals surface area contributed by atoms with E-state index in [0.717, 1.165) is 33.3 Å². The van der Waals surface area contributed by atoms with Crippen LogP contribution in [0.4, 0.5) is 0 Å². The molecule has 3 aromatic heterocycles. The number of aromatic nitrogens is 6. The molecule has 0 radical (unpaired) electrons. The van der Waals surface area contributed by atoms with Crippen LogP contribution in [-0.2, 0) is 6.61 Å². The third-order valence-electron chi connectivity index (χ3n) is 4.27. The topological polar surface area (TPSA) is 81.0 Å². The number of nitrogens with one attached hydrogen (secondary N) is 1. The van der Waals surface area contributed by atoms with Crippen LogP contribution in [0.15, 0.2) is 60.7 Å². The van der Waals surface area contributed by atoms with E-state index in [1.807, 2.05) is 67.6 Å². The number of aryl methyl sites for hydroxylation is 1. The van der Waals surface area contributed by atoms with Gasteiger partial charge >= 0.3 is 0 Å². The van der Waals surface area contributed by atoms with Gasteiger partial charge in [0.05, 0.1) is 5.69 Å². The molecule has 0 fully saturated rings. The van der Waals surface area contributed by atoms with Gasteiger partial charge < -0.3 is 4.74 Å². The quantitative estimate of drug-likeness (QED) is 0.490. The van der Waals surface area contributed by atoms with Crippen molar-refractivity contribution in [2.24, 2.45) is 0 Å². The molecule has 0 bridgehead atoms. The summed E-state index contributed by atoms with van der Waals surface area (Å²) in [6.07, 6.45) is 0. The number of nitrogens with zero attached hydrogens (tertiary/aromatic N) is 5. The van der Waals surface area contributed by atoms with Crippen LogP contribution in [0.2, 0.25) is 0 Å². The van der Waals surface area contributed by atoms with Gasteiger partial charge in [-0.15, -0.1) is 10.2 Å². The molecule has 1 N–H and O–H groups in total. The first-order valence-corrected chi connectivity index (χ1v) is 9.60. The van der Waals surface area contributed by atoms with Gasteiger partial charge in [0.2, 0.25) is 10.8 Å². The molecular weight excluding hydrogens is 372 g/mol. The standard InChI is InChI=1S/C20H16N6OS/c1-13-6-5-9-15(10-13)27-12-18-25-26-19(23-24-20(26)28-18)17-11-16(21-22-17)14-7-3-2-4-8-14/h2-11H,12H2,1H3,(H,21,22). The van der Waals surface area contributed by atoms with E-state index in [-0.39, 0.29) is 0 Å². The zero-order valence-electron chi connectivity index (χ0n) is 15.0. The van der Waals surface area contributed by atoms with Crippen LogP contribution < -0.4 is 4.74 Å². The fourth-order valence-corrected chi connectivity index (χ4v) is 3.67. The van der Waals surface area contributed by atoms with Crippen molar-refractivity contribution in [2.45, 2.75) is 13.5 Å². The van der Waals surface area contributed by atoms with Gasteiger partial charge in [0, 0.05) is 5.56 Å². The van der Waals surface area contributed by atoms with Crippen LogP contribution in [0.5, 0.6) is 5.75 Å². The average Bonchev–Trinajstić information content (AvgIpc) is 3.43. The summed E-state index contributed by atoms with van der Waals surface area (Å²) in [5.74, 6) is 1.45. The van der Waals surface area contributed by atoms with Crippen molar-refractivity contribution < 1.29 is 4.74 Å². The van der Waals surface area contributed by atoms with E-state index in [1.54, 1.807) is 4.52 Å². The van der Waals surface area contributed by atoms with Crippen LogP contribution >= 0.6 is 11.3 Å². The van der Waals surface area contributed by atoms with Gasteiger partial charge in [-0.05, 0) is 30.7 Å². The number of hydrogen-bond donors (Lipinski definition) is 1. The Balaban J connectivity index is 1.40. The second-order valence-corrected chi connectivity index (χ2v) is 7.39. The van der Waals surface area contributed by atoms with Crippen molar-refractivity contribution in [2.75, 3.05) is 0 Å². The zero-order valence-corrected chi connectivity index (χ0v) is 15.8. The number of ether oxygens (including phenoxy) is 1. The molecule has 5 aromatic rings. The van der Waals surface area contributed by atoms with E-state index in [1.165, 1.54) is 11.3 Å². The summed E-state index contributed by atoms with van der Waals surface area (Å²) in [5, 5.41) is 21.3. The first-order chi connectivity index (χ1) is 13.8. The fraction of sp³-hybridized carbons (Fsp3) is 0.100. The molecule has 0 aliphatic heterocycles. The second-order valence-electron chi connectivity index (χ2n) is 6.35. The molecule has 0 saturated heterocycles. The van der Waals surface area contributed by atoms with E-state index in [4.69, 9.17) is 4.74 Å². The molecule has 2 aromatic carbocycles. The minimum absolute atomic E-state index is 0.384. The lowest BCUT2D eigenvalue weighted by Gasteiger charge is -2.03. The lowest BCUT2D eigenvalue weighted by molar-refractivity contribution is 0.304. The van der Waals surface area contributed by atoms with E-state index >= 15 is 0 Å². The monoisotopic (exact) mass is 388 g/mol. The lowest BCUT2D eigenvalue weighted by Crippen LogP contribution is -1.97. The van der Waals surface area contributed by atoms with Gasteiger partial charge in [0.15, 0.2) is 5.01 Å². The highest BCUT2D eigenvalue weighted by molar-refractivity contribution is 7.16. The Morgan fingerprint density at radius 3 is 2.79 bits per heavy atom. The number of benzene rings is 2. The highest BCUT2D eigenvalue weighted by atomic mass is 32.1. The van der Waals surface area contributed by atoms with Crippen LogP contribution in [0.25, 0.3) is 27.7 Å². The molecule has 0 unspecified atom stereocenters.